The van der Waals surface area contributed by atoms with E-state index in [0.717, 1.165) is 0 Å². The highest BCUT2D eigenvalue weighted by molar-refractivity contribution is 5.69. The maximum Gasteiger partial charge on any atom is 0.312 e. The number of aliphatic hydroxyl groups excluding tert-OH is 1. The minimum absolute atomic E-state index is 0.0599. The standard InChI is InChI=1S/C6H10O3/c1-2-5-9-6(8)3-4-7/h2,5,7H,3-4H2,1H3. The summed E-state index contributed by atoms with van der Waals surface area (Å²) >= 11 is 0. The number of aliphatic hydroxyl groups is 1. The van der Waals surface area contributed by atoms with Crippen molar-refractivity contribution in [2.24, 2.45) is 0 Å². The Morgan fingerprint density at radius 1 is 1.78 bits per heavy atom. The smallest absolute Gasteiger partial charge is 0.312 e. The van der Waals surface area contributed by atoms with Crippen LogP contribution in [0.25, 0.3) is 0 Å². The molecule has 0 radical (unpaired) electrons. The van der Waals surface area contributed by atoms with Crippen molar-refractivity contribution >= 4 is 5.97 Å². The Balaban J connectivity index is 3.27. The molecule has 0 aliphatic heterocycles. The Kier molecular flexibility index (Phi) is 4.82. The second-order valence-electron chi connectivity index (χ2n) is 1.43. The summed E-state index contributed by atoms with van der Waals surface area (Å²) in [6, 6.07) is 0. The molecule has 0 aromatic rings. The molecule has 0 saturated carbocycles. The number of hydrogen-bond donors (Lipinski definition) is 1. The number of carbonyl (C=O) groups excluding carboxylic acids is 1. The van der Waals surface area contributed by atoms with Crippen molar-refractivity contribution in [1.29, 1.82) is 0 Å². The van der Waals surface area contributed by atoms with Crippen LogP contribution in [0.5, 0.6) is 0 Å². The highest BCUT2D eigenvalue weighted by atomic mass is 16.5. The lowest BCUT2D eigenvalue weighted by Crippen LogP contribution is -2.01. The van der Waals surface area contributed by atoms with Crippen LogP contribution < -0.4 is 0 Å². The average Bonchev–Trinajstić information content (AvgIpc) is 1.85. The molecule has 9 heavy (non-hydrogen) atoms. The maximum atomic E-state index is 10.4. The Labute approximate surface area is 53.9 Å². The zero-order valence-corrected chi connectivity index (χ0v) is 5.33. The van der Waals surface area contributed by atoms with Crippen molar-refractivity contribution in [2.75, 3.05) is 6.61 Å². The van der Waals surface area contributed by atoms with E-state index in [1.807, 2.05) is 0 Å². The lowest BCUT2D eigenvalue weighted by Gasteiger charge is -1.92. The summed E-state index contributed by atoms with van der Waals surface area (Å²) in [5.74, 6) is -0.407. The lowest BCUT2D eigenvalue weighted by molar-refractivity contribution is -0.138. The van der Waals surface area contributed by atoms with Gasteiger partial charge in [-0.15, -0.1) is 0 Å². The molecule has 0 atom stereocenters. The molecule has 0 fully saturated rings. The molecule has 0 spiro atoms. The van der Waals surface area contributed by atoms with Crippen LogP contribution in [-0.4, -0.2) is 17.7 Å². The van der Waals surface area contributed by atoms with E-state index in [1.165, 1.54) is 6.26 Å². The van der Waals surface area contributed by atoms with Gasteiger partial charge in [0.25, 0.3) is 0 Å². The van der Waals surface area contributed by atoms with E-state index in [9.17, 15) is 4.79 Å². The number of esters is 1. The van der Waals surface area contributed by atoms with E-state index in [-0.39, 0.29) is 13.0 Å². The van der Waals surface area contributed by atoms with Crippen LogP contribution in [0.4, 0.5) is 0 Å². The molecule has 0 heterocycles. The summed E-state index contributed by atoms with van der Waals surface area (Å²) in [6.45, 7) is 1.59. The first-order chi connectivity index (χ1) is 4.31. The molecule has 0 saturated heterocycles. The van der Waals surface area contributed by atoms with Crippen LogP contribution in [-0.2, 0) is 9.53 Å². The monoisotopic (exact) mass is 130 g/mol. The minimum Gasteiger partial charge on any atom is -0.435 e. The molecule has 1 N–H and O–H groups in total. The van der Waals surface area contributed by atoms with E-state index in [1.54, 1.807) is 13.0 Å². The van der Waals surface area contributed by atoms with Gasteiger partial charge < -0.3 is 9.84 Å². The van der Waals surface area contributed by atoms with Crippen molar-refractivity contribution in [3.63, 3.8) is 0 Å². The average molecular weight is 130 g/mol. The predicted octanol–water partition coefficient (Wildman–Crippen LogP) is 0.446. The Hall–Kier alpha value is -0.830. The largest absolute Gasteiger partial charge is 0.435 e. The van der Waals surface area contributed by atoms with E-state index < -0.39 is 5.97 Å². The summed E-state index contributed by atoms with van der Waals surface area (Å²) in [7, 11) is 0. The molecule has 0 bridgehead atoms. The van der Waals surface area contributed by atoms with Gasteiger partial charge in [-0.3, -0.25) is 4.79 Å². The second kappa shape index (κ2) is 5.31. The van der Waals surface area contributed by atoms with Gasteiger partial charge >= 0.3 is 5.97 Å². The fourth-order valence-corrected chi connectivity index (χ4v) is 0.294. The molecule has 0 aromatic carbocycles. The molecule has 0 amide bonds. The lowest BCUT2D eigenvalue weighted by atomic mass is 10.5. The fraction of sp³-hybridized carbons (Fsp3) is 0.500. The van der Waals surface area contributed by atoms with E-state index >= 15 is 0 Å². The molecule has 3 nitrogen and oxygen atoms in total. The highest BCUT2D eigenvalue weighted by Crippen LogP contribution is 1.84. The van der Waals surface area contributed by atoms with Gasteiger partial charge in [-0.05, 0) is 6.92 Å². The van der Waals surface area contributed by atoms with Gasteiger partial charge in [0.2, 0.25) is 0 Å². The maximum absolute atomic E-state index is 10.4. The van der Waals surface area contributed by atoms with Crippen LogP contribution in [0.2, 0.25) is 0 Å². The summed E-state index contributed by atoms with van der Waals surface area (Å²) in [5.41, 5.74) is 0. The van der Waals surface area contributed by atoms with Gasteiger partial charge in [0.1, 0.15) is 0 Å². The van der Waals surface area contributed by atoms with Gasteiger partial charge in [0.05, 0.1) is 19.3 Å². The number of hydrogen-bond acceptors (Lipinski definition) is 3. The second-order valence-corrected chi connectivity index (χ2v) is 1.43. The van der Waals surface area contributed by atoms with Crippen molar-refractivity contribution in [3.05, 3.63) is 12.3 Å². The molecule has 0 aromatic heterocycles. The van der Waals surface area contributed by atoms with Crippen LogP contribution in [0.15, 0.2) is 12.3 Å². The van der Waals surface area contributed by atoms with Gasteiger partial charge in [-0.25, -0.2) is 0 Å². The van der Waals surface area contributed by atoms with E-state index in [4.69, 9.17) is 5.11 Å². The quantitative estimate of drug-likeness (QED) is 0.445. The molecular weight excluding hydrogens is 120 g/mol. The molecule has 0 aliphatic carbocycles. The molecule has 3 heteroatoms. The SMILES string of the molecule is CC=COC(=O)CCO. The van der Waals surface area contributed by atoms with Gasteiger partial charge in [-0.2, -0.15) is 0 Å². The predicted molar refractivity (Wildman–Crippen MR) is 32.6 cm³/mol. The Bertz CT molecular complexity index is 107. The summed E-state index contributed by atoms with van der Waals surface area (Å²) < 4.78 is 4.45. The number of rotatable bonds is 3. The third kappa shape index (κ3) is 5.03. The zero-order valence-electron chi connectivity index (χ0n) is 5.33. The zero-order chi connectivity index (χ0) is 7.11. The summed E-state index contributed by atoms with van der Waals surface area (Å²) in [6.07, 6.45) is 2.96. The highest BCUT2D eigenvalue weighted by Gasteiger charge is 1.95. The van der Waals surface area contributed by atoms with Crippen molar-refractivity contribution in [1.82, 2.24) is 0 Å². The molecule has 0 rings (SSSR count). The number of carbonyl (C=O) groups is 1. The number of allylic oxidation sites excluding steroid dienone is 1. The molecular formula is C6H10O3. The minimum atomic E-state index is -0.407. The Morgan fingerprint density at radius 2 is 2.44 bits per heavy atom. The first kappa shape index (κ1) is 8.17. The Morgan fingerprint density at radius 3 is 2.89 bits per heavy atom. The van der Waals surface area contributed by atoms with Crippen molar-refractivity contribution in [3.8, 4) is 0 Å². The molecule has 0 aliphatic rings. The molecule has 0 unspecified atom stereocenters. The van der Waals surface area contributed by atoms with E-state index in [2.05, 4.69) is 4.74 Å². The van der Waals surface area contributed by atoms with Gasteiger partial charge in [-0.1, -0.05) is 6.08 Å². The molecule has 52 valence electrons. The fourth-order valence-electron chi connectivity index (χ4n) is 0.294. The summed E-state index contributed by atoms with van der Waals surface area (Å²) in [5, 5.41) is 8.21. The van der Waals surface area contributed by atoms with Crippen molar-refractivity contribution < 1.29 is 14.6 Å². The van der Waals surface area contributed by atoms with Crippen molar-refractivity contribution in [2.45, 2.75) is 13.3 Å². The van der Waals surface area contributed by atoms with Gasteiger partial charge in [0.15, 0.2) is 0 Å². The van der Waals surface area contributed by atoms with Gasteiger partial charge in [0, 0.05) is 0 Å². The van der Waals surface area contributed by atoms with Crippen LogP contribution in [0, 0.1) is 0 Å². The first-order valence-electron chi connectivity index (χ1n) is 2.72. The summed E-state index contributed by atoms with van der Waals surface area (Å²) in [4.78, 5) is 10.4. The van der Waals surface area contributed by atoms with Crippen LogP contribution in [0.3, 0.4) is 0 Å². The topological polar surface area (TPSA) is 46.5 Å². The first-order valence-corrected chi connectivity index (χ1v) is 2.72. The third-order valence-corrected chi connectivity index (χ3v) is 0.651. The normalized spacial score (nSPS) is 10.0. The van der Waals surface area contributed by atoms with Crippen LogP contribution in [0.1, 0.15) is 13.3 Å². The third-order valence-electron chi connectivity index (χ3n) is 0.651. The van der Waals surface area contributed by atoms with E-state index in [0.29, 0.717) is 0 Å². The number of ether oxygens (including phenoxy) is 1. The van der Waals surface area contributed by atoms with Crippen LogP contribution >= 0.6 is 0 Å².